The number of nitrogens with zero attached hydrogens (tertiary/aromatic N) is 6. The summed E-state index contributed by atoms with van der Waals surface area (Å²) in [7, 11) is 2.07. The molecule has 1 fully saturated rings. The van der Waals surface area contributed by atoms with Crippen LogP contribution in [0.2, 0.25) is 0 Å². The second-order valence-electron chi connectivity index (χ2n) is 8.55. The average molecular weight is 461 g/mol. The molecule has 0 atom stereocenters. The normalized spacial score (nSPS) is 14.5. The minimum absolute atomic E-state index is 0.0620. The van der Waals surface area contributed by atoms with Gasteiger partial charge in [0.2, 0.25) is 5.82 Å². The molecule has 8 nitrogen and oxygen atoms in total. The molecule has 0 saturated carbocycles. The Morgan fingerprint density at radius 3 is 2.59 bits per heavy atom. The fourth-order valence-corrected chi connectivity index (χ4v) is 3.99. The van der Waals surface area contributed by atoms with Gasteiger partial charge in [0.05, 0.1) is 6.54 Å². The lowest BCUT2D eigenvalue weighted by molar-refractivity contribution is 0.0664. The summed E-state index contributed by atoms with van der Waals surface area (Å²) in [5, 5.41) is 8.62. The van der Waals surface area contributed by atoms with Crippen molar-refractivity contribution < 1.29 is 13.7 Å². The van der Waals surface area contributed by atoms with Gasteiger partial charge < -0.3 is 14.3 Å². The van der Waals surface area contributed by atoms with E-state index in [-0.39, 0.29) is 11.7 Å². The van der Waals surface area contributed by atoms with Crippen molar-refractivity contribution in [2.24, 2.45) is 0 Å². The largest absolute Gasteiger partial charge is 0.336 e. The van der Waals surface area contributed by atoms with E-state index < -0.39 is 0 Å². The van der Waals surface area contributed by atoms with Crippen LogP contribution in [0.3, 0.4) is 0 Å². The minimum atomic E-state index is -0.323. The van der Waals surface area contributed by atoms with Crippen LogP contribution >= 0.6 is 0 Å². The highest BCUT2D eigenvalue weighted by molar-refractivity contribution is 5.94. The third kappa shape index (κ3) is 4.60. The third-order valence-corrected chi connectivity index (χ3v) is 6.03. The summed E-state index contributed by atoms with van der Waals surface area (Å²) < 4.78 is 20.4. The summed E-state index contributed by atoms with van der Waals surface area (Å²) in [5.74, 6) is 0.403. The molecule has 0 unspecified atom stereocenters. The molecule has 2 aromatic heterocycles. The fraction of sp³-hybridized carbons (Fsp3) is 0.280. The molecule has 0 radical (unpaired) electrons. The molecule has 1 amide bonds. The highest BCUT2D eigenvalue weighted by atomic mass is 19.1. The monoisotopic (exact) mass is 460 g/mol. The van der Waals surface area contributed by atoms with Crippen LogP contribution in [-0.4, -0.2) is 68.9 Å². The van der Waals surface area contributed by atoms with Crippen molar-refractivity contribution in [3.63, 3.8) is 0 Å². The maximum absolute atomic E-state index is 13.2. The van der Waals surface area contributed by atoms with Gasteiger partial charge >= 0.3 is 0 Å². The fourth-order valence-electron chi connectivity index (χ4n) is 3.99. The number of aryl methyl sites for hydroxylation is 1. The highest BCUT2D eigenvalue weighted by Crippen LogP contribution is 2.23. The van der Waals surface area contributed by atoms with Gasteiger partial charge in [-0.1, -0.05) is 17.3 Å². The van der Waals surface area contributed by atoms with Crippen molar-refractivity contribution in [3.8, 4) is 23.0 Å². The molecule has 0 aliphatic carbocycles. The highest BCUT2D eigenvalue weighted by Gasteiger charge is 2.21. The van der Waals surface area contributed by atoms with Crippen LogP contribution in [0.1, 0.15) is 21.6 Å². The van der Waals surface area contributed by atoms with Crippen molar-refractivity contribution in [2.75, 3.05) is 33.2 Å². The van der Waals surface area contributed by atoms with Crippen LogP contribution in [0.15, 0.2) is 59.1 Å². The van der Waals surface area contributed by atoms with Gasteiger partial charge in [-0.3, -0.25) is 9.48 Å². The van der Waals surface area contributed by atoms with E-state index in [2.05, 4.69) is 27.2 Å². The van der Waals surface area contributed by atoms with E-state index in [4.69, 9.17) is 4.52 Å². The van der Waals surface area contributed by atoms with Gasteiger partial charge in [0.25, 0.3) is 11.8 Å². The van der Waals surface area contributed by atoms with E-state index in [1.807, 2.05) is 46.8 Å². The summed E-state index contributed by atoms with van der Waals surface area (Å²) in [6.45, 7) is 5.72. The number of hydrogen-bond donors (Lipinski definition) is 0. The average Bonchev–Trinajstić information content (AvgIpc) is 3.47. The van der Waals surface area contributed by atoms with Crippen LogP contribution in [0.4, 0.5) is 4.39 Å². The zero-order valence-corrected chi connectivity index (χ0v) is 19.1. The smallest absolute Gasteiger partial charge is 0.278 e. The molecule has 3 heterocycles. The molecule has 4 aromatic rings. The zero-order chi connectivity index (χ0) is 23.7. The van der Waals surface area contributed by atoms with Crippen LogP contribution in [0.5, 0.6) is 0 Å². The first kappa shape index (κ1) is 22.0. The maximum Gasteiger partial charge on any atom is 0.278 e. The molecule has 0 N–H and O–H groups in total. The second kappa shape index (κ2) is 9.18. The number of aromatic nitrogens is 4. The van der Waals surface area contributed by atoms with E-state index in [0.29, 0.717) is 35.1 Å². The van der Waals surface area contributed by atoms with Crippen LogP contribution < -0.4 is 0 Å². The van der Waals surface area contributed by atoms with Crippen molar-refractivity contribution >= 4 is 5.91 Å². The number of hydrogen-bond acceptors (Lipinski definition) is 6. The number of carbonyl (C=O) groups excluding carboxylic acids is 1. The van der Waals surface area contributed by atoms with E-state index in [9.17, 15) is 9.18 Å². The first-order chi connectivity index (χ1) is 16.5. The predicted molar refractivity (Wildman–Crippen MR) is 125 cm³/mol. The van der Waals surface area contributed by atoms with Gasteiger partial charge in [-0.25, -0.2) is 4.39 Å². The Labute approximate surface area is 196 Å². The van der Waals surface area contributed by atoms with E-state index in [1.165, 1.54) is 12.1 Å². The van der Waals surface area contributed by atoms with E-state index in [0.717, 1.165) is 37.4 Å². The lowest BCUT2D eigenvalue weighted by Crippen LogP contribution is -2.47. The molecule has 1 aliphatic rings. The van der Waals surface area contributed by atoms with Gasteiger partial charge in [0.15, 0.2) is 5.69 Å². The van der Waals surface area contributed by atoms with Crippen molar-refractivity contribution in [1.29, 1.82) is 0 Å². The molecule has 0 bridgehead atoms. The standard InChI is InChI=1S/C25H25FN6O2/c1-17-14-22(24-27-23(29-34-24)19-6-8-21(26)9-7-19)28-32(17)16-18-4-3-5-20(15-18)25(33)31-12-10-30(2)11-13-31/h3-9,14-15H,10-13,16H2,1-2H3. The third-order valence-electron chi connectivity index (χ3n) is 6.03. The number of benzene rings is 2. The second-order valence-corrected chi connectivity index (χ2v) is 8.55. The maximum atomic E-state index is 13.2. The molecular weight excluding hydrogens is 435 g/mol. The van der Waals surface area contributed by atoms with Crippen LogP contribution in [-0.2, 0) is 6.54 Å². The molecule has 2 aromatic carbocycles. The molecule has 1 aliphatic heterocycles. The SMILES string of the molecule is Cc1cc(-c2nc(-c3ccc(F)cc3)no2)nn1Cc1cccc(C(=O)N2CCN(C)CC2)c1. The number of rotatable bonds is 5. The molecular formula is C25H25FN6O2. The van der Waals surface area contributed by atoms with Crippen molar-refractivity contribution in [1.82, 2.24) is 29.7 Å². The molecule has 34 heavy (non-hydrogen) atoms. The van der Waals surface area contributed by atoms with E-state index in [1.54, 1.807) is 12.1 Å². The van der Waals surface area contributed by atoms with Gasteiger partial charge in [0.1, 0.15) is 5.82 Å². The van der Waals surface area contributed by atoms with Crippen molar-refractivity contribution in [3.05, 3.63) is 77.2 Å². The minimum Gasteiger partial charge on any atom is -0.336 e. The Balaban J connectivity index is 1.32. The predicted octanol–water partition coefficient (Wildman–Crippen LogP) is 3.48. The summed E-state index contributed by atoms with van der Waals surface area (Å²) in [4.78, 5) is 21.5. The Morgan fingerprint density at radius 2 is 1.82 bits per heavy atom. The van der Waals surface area contributed by atoms with Crippen LogP contribution in [0, 0.1) is 12.7 Å². The number of carbonyl (C=O) groups is 1. The number of halogens is 1. The van der Waals surface area contributed by atoms with Gasteiger partial charge in [-0.2, -0.15) is 10.1 Å². The van der Waals surface area contributed by atoms with Crippen LogP contribution in [0.25, 0.3) is 23.0 Å². The molecule has 5 rings (SSSR count). The number of likely N-dealkylation sites (N-methyl/N-ethyl adjacent to an activating group) is 1. The summed E-state index contributed by atoms with van der Waals surface area (Å²) in [6.07, 6.45) is 0. The molecule has 0 spiro atoms. The first-order valence-corrected chi connectivity index (χ1v) is 11.2. The molecule has 1 saturated heterocycles. The molecule has 174 valence electrons. The van der Waals surface area contributed by atoms with Gasteiger partial charge in [-0.15, -0.1) is 0 Å². The Kier molecular flexibility index (Phi) is 5.93. The molecule has 9 heteroatoms. The first-order valence-electron chi connectivity index (χ1n) is 11.2. The lowest BCUT2D eigenvalue weighted by atomic mass is 10.1. The van der Waals surface area contributed by atoms with Gasteiger partial charge in [0, 0.05) is 43.0 Å². The lowest BCUT2D eigenvalue weighted by Gasteiger charge is -2.32. The number of amides is 1. The number of piperazine rings is 1. The Hall–Kier alpha value is -3.85. The van der Waals surface area contributed by atoms with E-state index >= 15 is 0 Å². The summed E-state index contributed by atoms with van der Waals surface area (Å²) >= 11 is 0. The zero-order valence-electron chi connectivity index (χ0n) is 19.1. The van der Waals surface area contributed by atoms with Gasteiger partial charge in [-0.05, 0) is 62.0 Å². The van der Waals surface area contributed by atoms with Crippen molar-refractivity contribution in [2.45, 2.75) is 13.5 Å². The Morgan fingerprint density at radius 1 is 1.06 bits per heavy atom. The topological polar surface area (TPSA) is 80.3 Å². The summed E-state index contributed by atoms with van der Waals surface area (Å²) in [6, 6.07) is 15.5. The summed E-state index contributed by atoms with van der Waals surface area (Å²) in [5.41, 5.74) is 3.81. The Bertz CT molecular complexity index is 1310. The quantitative estimate of drug-likeness (QED) is 0.454.